The molecular weight excluding hydrogens is 188 g/mol. The van der Waals surface area contributed by atoms with E-state index in [1.54, 1.807) is 0 Å². The molecule has 82 valence electrons. The van der Waals surface area contributed by atoms with Gasteiger partial charge in [0.1, 0.15) is 0 Å². The molecule has 0 aromatic heterocycles. The summed E-state index contributed by atoms with van der Waals surface area (Å²) < 4.78 is 11.6. The van der Waals surface area contributed by atoms with E-state index in [0.29, 0.717) is 0 Å². The van der Waals surface area contributed by atoms with Crippen molar-refractivity contribution in [3.63, 3.8) is 0 Å². The summed E-state index contributed by atoms with van der Waals surface area (Å²) >= 11 is 0. The van der Waals surface area contributed by atoms with E-state index in [1.807, 2.05) is 30.3 Å². The Kier molecular flexibility index (Phi) is 2.81. The SMILES string of the molecule is C[C@@H]1O[C@@H](c2ccccc2)OCC1(C)C. The highest BCUT2D eigenvalue weighted by atomic mass is 16.7. The van der Waals surface area contributed by atoms with E-state index in [0.717, 1.165) is 12.2 Å². The molecule has 0 saturated carbocycles. The average molecular weight is 206 g/mol. The minimum Gasteiger partial charge on any atom is -0.348 e. The molecule has 2 atom stereocenters. The highest BCUT2D eigenvalue weighted by molar-refractivity contribution is 5.16. The molecule has 2 heteroatoms. The molecule has 0 radical (unpaired) electrons. The highest BCUT2D eigenvalue weighted by Gasteiger charge is 2.35. The predicted octanol–water partition coefficient (Wildman–Crippen LogP) is 3.15. The molecule has 1 aliphatic heterocycles. The van der Waals surface area contributed by atoms with Crippen molar-refractivity contribution in [2.45, 2.75) is 33.2 Å². The maximum atomic E-state index is 5.87. The number of hydrogen-bond acceptors (Lipinski definition) is 2. The van der Waals surface area contributed by atoms with Gasteiger partial charge in [0.25, 0.3) is 0 Å². The van der Waals surface area contributed by atoms with Gasteiger partial charge in [-0.05, 0) is 6.92 Å². The van der Waals surface area contributed by atoms with Gasteiger partial charge in [0.15, 0.2) is 6.29 Å². The van der Waals surface area contributed by atoms with Crippen LogP contribution in [0.3, 0.4) is 0 Å². The van der Waals surface area contributed by atoms with Gasteiger partial charge in [-0.15, -0.1) is 0 Å². The van der Waals surface area contributed by atoms with E-state index in [4.69, 9.17) is 9.47 Å². The van der Waals surface area contributed by atoms with Crippen molar-refractivity contribution in [3.8, 4) is 0 Å². The smallest absolute Gasteiger partial charge is 0.184 e. The lowest BCUT2D eigenvalue weighted by Gasteiger charge is -2.40. The number of hydrogen-bond donors (Lipinski definition) is 0. The van der Waals surface area contributed by atoms with Gasteiger partial charge in [-0.3, -0.25) is 0 Å². The Morgan fingerprint density at radius 2 is 1.87 bits per heavy atom. The second-order valence-corrected chi connectivity index (χ2v) is 4.82. The number of ether oxygens (including phenoxy) is 2. The van der Waals surface area contributed by atoms with E-state index < -0.39 is 0 Å². The van der Waals surface area contributed by atoms with Crippen LogP contribution in [0.15, 0.2) is 30.3 Å². The minimum absolute atomic E-state index is 0.102. The second-order valence-electron chi connectivity index (χ2n) is 4.82. The Morgan fingerprint density at radius 3 is 2.47 bits per heavy atom. The van der Waals surface area contributed by atoms with Crippen molar-refractivity contribution in [1.82, 2.24) is 0 Å². The molecular formula is C13H18O2. The molecule has 2 nitrogen and oxygen atoms in total. The number of rotatable bonds is 1. The molecule has 0 bridgehead atoms. The van der Waals surface area contributed by atoms with Crippen LogP contribution in [0.2, 0.25) is 0 Å². The molecule has 0 N–H and O–H groups in total. The van der Waals surface area contributed by atoms with Crippen LogP contribution in [0, 0.1) is 5.41 Å². The quantitative estimate of drug-likeness (QED) is 0.702. The van der Waals surface area contributed by atoms with Crippen LogP contribution >= 0.6 is 0 Å². The van der Waals surface area contributed by atoms with Crippen molar-refractivity contribution >= 4 is 0 Å². The third kappa shape index (κ3) is 2.21. The Bertz CT molecular complexity index is 319. The van der Waals surface area contributed by atoms with E-state index in [9.17, 15) is 0 Å². The van der Waals surface area contributed by atoms with Gasteiger partial charge in [-0.2, -0.15) is 0 Å². The summed E-state index contributed by atoms with van der Waals surface area (Å²) in [6.45, 7) is 7.18. The third-order valence-corrected chi connectivity index (χ3v) is 3.11. The fraction of sp³-hybridized carbons (Fsp3) is 0.538. The van der Waals surface area contributed by atoms with Crippen LogP contribution in [-0.4, -0.2) is 12.7 Å². The zero-order valence-corrected chi connectivity index (χ0v) is 9.57. The highest BCUT2D eigenvalue weighted by Crippen LogP contribution is 2.35. The first kappa shape index (κ1) is 10.7. The lowest BCUT2D eigenvalue weighted by Crippen LogP contribution is -2.40. The third-order valence-electron chi connectivity index (χ3n) is 3.11. The largest absolute Gasteiger partial charge is 0.348 e. The zero-order chi connectivity index (χ0) is 10.9. The van der Waals surface area contributed by atoms with Crippen molar-refractivity contribution in [2.75, 3.05) is 6.61 Å². The molecule has 0 unspecified atom stereocenters. The first-order valence-corrected chi connectivity index (χ1v) is 5.41. The molecule has 1 aliphatic rings. The topological polar surface area (TPSA) is 18.5 Å². The van der Waals surface area contributed by atoms with Gasteiger partial charge in [0, 0.05) is 11.0 Å². The summed E-state index contributed by atoms with van der Waals surface area (Å²) in [5.74, 6) is 0. The molecule has 1 fully saturated rings. The molecule has 1 heterocycles. The van der Waals surface area contributed by atoms with Crippen LogP contribution < -0.4 is 0 Å². The lowest BCUT2D eigenvalue weighted by molar-refractivity contribution is -0.259. The zero-order valence-electron chi connectivity index (χ0n) is 9.57. The van der Waals surface area contributed by atoms with E-state index in [1.165, 1.54) is 0 Å². The van der Waals surface area contributed by atoms with Gasteiger partial charge in [0.05, 0.1) is 12.7 Å². The summed E-state index contributed by atoms with van der Waals surface area (Å²) in [6, 6.07) is 10.1. The fourth-order valence-electron chi connectivity index (χ4n) is 1.60. The van der Waals surface area contributed by atoms with E-state index in [-0.39, 0.29) is 17.8 Å². The van der Waals surface area contributed by atoms with E-state index in [2.05, 4.69) is 20.8 Å². The van der Waals surface area contributed by atoms with Crippen LogP contribution in [0.5, 0.6) is 0 Å². The molecule has 15 heavy (non-hydrogen) atoms. The lowest BCUT2D eigenvalue weighted by atomic mass is 9.87. The molecule has 1 saturated heterocycles. The Hall–Kier alpha value is -0.860. The molecule has 1 aromatic rings. The monoisotopic (exact) mass is 206 g/mol. The summed E-state index contributed by atoms with van der Waals surface area (Å²) in [5.41, 5.74) is 1.20. The normalized spacial score (nSPS) is 30.1. The first-order chi connectivity index (χ1) is 7.09. The first-order valence-electron chi connectivity index (χ1n) is 5.41. The van der Waals surface area contributed by atoms with Crippen molar-refractivity contribution < 1.29 is 9.47 Å². The van der Waals surface area contributed by atoms with Crippen molar-refractivity contribution in [1.29, 1.82) is 0 Å². The van der Waals surface area contributed by atoms with Gasteiger partial charge < -0.3 is 9.47 Å². The summed E-state index contributed by atoms with van der Waals surface area (Å²) in [7, 11) is 0. The van der Waals surface area contributed by atoms with Crippen LogP contribution in [0.1, 0.15) is 32.6 Å². The molecule has 0 amide bonds. The summed E-state index contributed by atoms with van der Waals surface area (Å²) in [4.78, 5) is 0. The molecule has 0 spiro atoms. The Labute approximate surface area is 91.2 Å². The number of benzene rings is 1. The summed E-state index contributed by atoms with van der Waals surface area (Å²) in [5, 5.41) is 0. The maximum Gasteiger partial charge on any atom is 0.184 e. The molecule has 0 aliphatic carbocycles. The standard InChI is InChI=1S/C13H18O2/c1-10-13(2,3)9-14-12(15-10)11-7-5-4-6-8-11/h4-8,10,12H,9H2,1-3H3/t10-,12-/m0/s1. The molecule has 2 rings (SSSR count). The van der Waals surface area contributed by atoms with Crippen molar-refractivity contribution in [3.05, 3.63) is 35.9 Å². The van der Waals surface area contributed by atoms with Crippen LogP contribution in [0.4, 0.5) is 0 Å². The second kappa shape index (κ2) is 3.95. The van der Waals surface area contributed by atoms with E-state index >= 15 is 0 Å². The average Bonchev–Trinajstić information content (AvgIpc) is 2.23. The van der Waals surface area contributed by atoms with Gasteiger partial charge >= 0.3 is 0 Å². The van der Waals surface area contributed by atoms with Crippen LogP contribution in [-0.2, 0) is 9.47 Å². The minimum atomic E-state index is -0.200. The predicted molar refractivity (Wildman–Crippen MR) is 59.5 cm³/mol. The van der Waals surface area contributed by atoms with Crippen molar-refractivity contribution in [2.24, 2.45) is 5.41 Å². The molecule has 1 aromatic carbocycles. The summed E-state index contributed by atoms with van der Waals surface area (Å²) in [6.07, 6.45) is 0.0191. The van der Waals surface area contributed by atoms with Gasteiger partial charge in [-0.25, -0.2) is 0 Å². The van der Waals surface area contributed by atoms with Crippen LogP contribution in [0.25, 0.3) is 0 Å². The van der Waals surface area contributed by atoms with Gasteiger partial charge in [0.2, 0.25) is 0 Å². The fourth-order valence-corrected chi connectivity index (χ4v) is 1.60. The Balaban J connectivity index is 2.10. The van der Waals surface area contributed by atoms with Gasteiger partial charge in [-0.1, -0.05) is 44.2 Å². The Morgan fingerprint density at radius 1 is 1.20 bits per heavy atom. The maximum absolute atomic E-state index is 5.87.